The van der Waals surface area contributed by atoms with Gasteiger partial charge in [-0.3, -0.25) is 4.99 Å². The molecular formula is C22H29N5O2. The van der Waals surface area contributed by atoms with Crippen molar-refractivity contribution in [3.8, 4) is 0 Å². The van der Waals surface area contributed by atoms with Gasteiger partial charge in [0, 0.05) is 45.7 Å². The van der Waals surface area contributed by atoms with Crippen LogP contribution in [0.4, 0.5) is 0 Å². The third kappa shape index (κ3) is 6.80. The van der Waals surface area contributed by atoms with E-state index in [-0.39, 0.29) is 0 Å². The number of aryl methyl sites for hydroxylation is 1. The summed E-state index contributed by atoms with van der Waals surface area (Å²) in [5.41, 5.74) is 2.46. The topological polar surface area (TPSA) is 76.6 Å². The molecule has 0 fully saturated rings. The second kappa shape index (κ2) is 11.1. The molecule has 2 N–H and O–H groups in total. The Morgan fingerprint density at radius 3 is 2.86 bits per heavy atom. The first-order chi connectivity index (χ1) is 14.2. The van der Waals surface area contributed by atoms with Crippen LogP contribution in [0.1, 0.15) is 29.1 Å². The highest BCUT2D eigenvalue weighted by Crippen LogP contribution is 2.09. The highest BCUT2D eigenvalue weighted by atomic mass is 16.5. The lowest BCUT2D eigenvalue weighted by Crippen LogP contribution is -2.37. The Labute approximate surface area is 171 Å². The Bertz CT molecular complexity index is 886. The summed E-state index contributed by atoms with van der Waals surface area (Å²) in [6, 6.07) is 12.3. The number of aromatic nitrogens is 2. The van der Waals surface area contributed by atoms with E-state index in [1.165, 1.54) is 11.1 Å². The van der Waals surface area contributed by atoms with Crippen LogP contribution >= 0.6 is 0 Å². The quantitative estimate of drug-likeness (QED) is 0.313. The minimum absolute atomic E-state index is 0.509. The number of rotatable bonds is 10. The van der Waals surface area contributed by atoms with Gasteiger partial charge in [0.2, 0.25) is 0 Å². The summed E-state index contributed by atoms with van der Waals surface area (Å²) < 4.78 is 13.0. The van der Waals surface area contributed by atoms with Crippen molar-refractivity contribution in [3.63, 3.8) is 0 Å². The average molecular weight is 396 g/mol. The van der Waals surface area contributed by atoms with Crippen molar-refractivity contribution >= 4 is 5.96 Å². The van der Waals surface area contributed by atoms with Gasteiger partial charge in [-0.2, -0.15) is 0 Å². The Hall–Kier alpha value is -3.06. The molecule has 0 saturated heterocycles. The number of hydrogen-bond donors (Lipinski definition) is 2. The smallest absolute Gasteiger partial charge is 0.191 e. The fraction of sp³-hybridized carbons (Fsp3) is 0.364. The summed E-state index contributed by atoms with van der Waals surface area (Å²) in [6.07, 6.45) is 6.38. The van der Waals surface area contributed by atoms with Gasteiger partial charge in [-0.1, -0.05) is 24.3 Å². The van der Waals surface area contributed by atoms with Crippen molar-refractivity contribution in [1.29, 1.82) is 0 Å². The molecular weight excluding hydrogens is 366 g/mol. The molecule has 0 atom stereocenters. The molecule has 0 aliphatic rings. The van der Waals surface area contributed by atoms with E-state index in [1.54, 1.807) is 13.3 Å². The van der Waals surface area contributed by atoms with Crippen molar-refractivity contribution < 1.29 is 9.15 Å². The second-order valence-corrected chi connectivity index (χ2v) is 6.76. The lowest BCUT2D eigenvalue weighted by molar-refractivity contribution is 0.105. The van der Waals surface area contributed by atoms with Gasteiger partial charge in [0.25, 0.3) is 0 Å². The largest absolute Gasteiger partial charge is 0.467 e. The van der Waals surface area contributed by atoms with Gasteiger partial charge in [0.15, 0.2) is 5.96 Å². The molecule has 29 heavy (non-hydrogen) atoms. The number of aliphatic imine (C=N–C) groups is 1. The first-order valence-electron chi connectivity index (χ1n) is 9.85. The highest BCUT2D eigenvalue weighted by molar-refractivity contribution is 5.79. The molecule has 154 valence electrons. The maximum Gasteiger partial charge on any atom is 0.191 e. The highest BCUT2D eigenvalue weighted by Gasteiger charge is 2.02. The van der Waals surface area contributed by atoms with E-state index in [0.29, 0.717) is 19.8 Å². The van der Waals surface area contributed by atoms with Crippen molar-refractivity contribution in [3.05, 3.63) is 77.8 Å². The monoisotopic (exact) mass is 395 g/mol. The summed E-state index contributed by atoms with van der Waals surface area (Å²) in [6.45, 7) is 5.52. The van der Waals surface area contributed by atoms with Gasteiger partial charge in [-0.05, 0) is 36.6 Å². The van der Waals surface area contributed by atoms with Crippen LogP contribution in [0, 0.1) is 6.92 Å². The average Bonchev–Trinajstić information content (AvgIpc) is 3.39. The minimum atomic E-state index is 0.509. The van der Waals surface area contributed by atoms with Gasteiger partial charge in [-0.15, -0.1) is 0 Å². The molecule has 0 amide bonds. The zero-order valence-corrected chi connectivity index (χ0v) is 17.1. The van der Waals surface area contributed by atoms with Crippen LogP contribution in [0.2, 0.25) is 0 Å². The maximum atomic E-state index is 5.59. The molecule has 0 aliphatic carbocycles. The normalized spacial score (nSPS) is 11.6. The van der Waals surface area contributed by atoms with E-state index in [9.17, 15) is 0 Å². The molecule has 7 heteroatoms. The number of hydrogen-bond acceptors (Lipinski definition) is 4. The van der Waals surface area contributed by atoms with Crippen molar-refractivity contribution in [2.24, 2.45) is 4.99 Å². The van der Waals surface area contributed by atoms with Crippen molar-refractivity contribution in [2.75, 3.05) is 20.2 Å². The van der Waals surface area contributed by atoms with Gasteiger partial charge in [0.05, 0.1) is 6.26 Å². The molecule has 3 rings (SSSR count). The van der Waals surface area contributed by atoms with Crippen LogP contribution in [0.15, 0.2) is 64.5 Å². The first-order valence-corrected chi connectivity index (χ1v) is 9.85. The second-order valence-electron chi connectivity index (χ2n) is 6.76. The molecule has 0 spiro atoms. The molecule has 0 radical (unpaired) electrons. The van der Waals surface area contributed by atoms with Gasteiger partial charge in [0.1, 0.15) is 18.2 Å². The lowest BCUT2D eigenvalue weighted by Gasteiger charge is -2.13. The number of benzene rings is 1. The summed E-state index contributed by atoms with van der Waals surface area (Å²) >= 11 is 0. The Morgan fingerprint density at radius 1 is 1.21 bits per heavy atom. The van der Waals surface area contributed by atoms with Gasteiger partial charge >= 0.3 is 0 Å². The summed E-state index contributed by atoms with van der Waals surface area (Å²) in [7, 11) is 1.78. The van der Waals surface area contributed by atoms with Crippen LogP contribution in [0.5, 0.6) is 0 Å². The SMILES string of the molecule is CN=C(NCCCOCc1ccco1)NCc1cccc(Cn2ccnc2C)c1. The third-order valence-electron chi connectivity index (χ3n) is 4.53. The maximum absolute atomic E-state index is 5.59. The number of furan rings is 1. The molecule has 1 aromatic carbocycles. The van der Waals surface area contributed by atoms with Crippen LogP contribution in [0.25, 0.3) is 0 Å². The summed E-state index contributed by atoms with van der Waals surface area (Å²) in [4.78, 5) is 8.56. The van der Waals surface area contributed by atoms with Crippen LogP contribution in [-0.4, -0.2) is 35.7 Å². The van der Waals surface area contributed by atoms with E-state index in [1.807, 2.05) is 31.5 Å². The Kier molecular flexibility index (Phi) is 7.89. The Balaban J connectivity index is 1.36. The van der Waals surface area contributed by atoms with E-state index < -0.39 is 0 Å². The molecule has 0 bridgehead atoms. The molecule has 0 saturated carbocycles. The fourth-order valence-electron chi connectivity index (χ4n) is 2.96. The van der Waals surface area contributed by atoms with Crippen molar-refractivity contribution in [1.82, 2.24) is 20.2 Å². The van der Waals surface area contributed by atoms with Crippen LogP contribution < -0.4 is 10.6 Å². The number of imidazole rings is 1. The predicted molar refractivity (Wildman–Crippen MR) is 114 cm³/mol. The van der Waals surface area contributed by atoms with Crippen LogP contribution in [0.3, 0.4) is 0 Å². The molecule has 0 aliphatic heterocycles. The van der Waals surface area contributed by atoms with E-state index in [4.69, 9.17) is 9.15 Å². The van der Waals surface area contributed by atoms with E-state index in [2.05, 4.69) is 49.4 Å². The van der Waals surface area contributed by atoms with Gasteiger partial charge in [-0.25, -0.2) is 4.98 Å². The molecule has 3 aromatic rings. The van der Waals surface area contributed by atoms with E-state index in [0.717, 1.165) is 37.1 Å². The molecule has 2 heterocycles. The number of nitrogens with one attached hydrogen (secondary N) is 2. The van der Waals surface area contributed by atoms with Crippen LogP contribution in [-0.2, 0) is 24.4 Å². The zero-order valence-electron chi connectivity index (χ0n) is 17.1. The number of ether oxygens (including phenoxy) is 1. The number of nitrogens with zero attached hydrogens (tertiary/aromatic N) is 3. The summed E-state index contributed by atoms with van der Waals surface area (Å²) in [5, 5.41) is 6.68. The third-order valence-corrected chi connectivity index (χ3v) is 4.53. The zero-order chi connectivity index (χ0) is 20.3. The first kappa shape index (κ1) is 20.7. The molecule has 0 unspecified atom stereocenters. The van der Waals surface area contributed by atoms with Gasteiger partial charge < -0.3 is 24.4 Å². The van der Waals surface area contributed by atoms with Crippen molar-refractivity contribution in [2.45, 2.75) is 33.0 Å². The predicted octanol–water partition coefficient (Wildman–Crippen LogP) is 3.10. The summed E-state index contributed by atoms with van der Waals surface area (Å²) in [5.74, 6) is 2.65. The van der Waals surface area contributed by atoms with E-state index >= 15 is 0 Å². The fourth-order valence-corrected chi connectivity index (χ4v) is 2.96. The Morgan fingerprint density at radius 2 is 2.10 bits per heavy atom. The minimum Gasteiger partial charge on any atom is -0.467 e. The standard InChI is InChI=1S/C22H29N5O2/c1-18-24-10-11-27(18)16-20-7-3-6-19(14-20)15-26-22(23-2)25-9-5-12-28-17-21-8-4-13-29-21/h3-4,6-8,10-11,13-14H,5,9,12,15-17H2,1-2H3,(H2,23,25,26). The number of guanidine groups is 1. The lowest BCUT2D eigenvalue weighted by atomic mass is 10.1. The molecule has 7 nitrogen and oxygen atoms in total. The molecule has 2 aromatic heterocycles.